The first kappa shape index (κ1) is 23.8. The molecule has 0 saturated carbocycles. The van der Waals surface area contributed by atoms with Crippen molar-refractivity contribution in [3.05, 3.63) is 71.3 Å². The summed E-state index contributed by atoms with van der Waals surface area (Å²) in [6.07, 6.45) is 0. The number of hydrogen-bond acceptors (Lipinski definition) is 7. The number of nitrogens with zero attached hydrogens (tertiary/aromatic N) is 3. The van der Waals surface area contributed by atoms with Crippen LogP contribution in [0.25, 0.3) is 0 Å². The van der Waals surface area contributed by atoms with E-state index in [1.54, 1.807) is 55.1 Å². The Labute approximate surface area is 194 Å². The minimum absolute atomic E-state index is 0.175. The van der Waals surface area contributed by atoms with Crippen molar-refractivity contribution in [3.63, 3.8) is 0 Å². The van der Waals surface area contributed by atoms with E-state index in [4.69, 9.17) is 4.74 Å². The lowest BCUT2D eigenvalue weighted by Crippen LogP contribution is -2.14. The Balaban J connectivity index is 1.45. The zero-order valence-corrected chi connectivity index (χ0v) is 19.3. The summed E-state index contributed by atoms with van der Waals surface area (Å²) in [5.74, 6) is 1.55. The van der Waals surface area contributed by atoms with Gasteiger partial charge in [-0.05, 0) is 48.9 Å². The molecule has 10 heteroatoms. The highest BCUT2D eigenvalue weighted by Gasteiger charge is 2.12. The molecule has 0 unspecified atom stereocenters. The third-order valence-corrected chi connectivity index (χ3v) is 6.37. The van der Waals surface area contributed by atoms with Crippen LogP contribution in [0.15, 0.2) is 53.7 Å². The molecule has 0 radical (unpaired) electrons. The highest BCUT2D eigenvalue weighted by Crippen LogP contribution is 2.21. The zero-order chi connectivity index (χ0) is 22.9. The van der Waals surface area contributed by atoms with Crippen molar-refractivity contribution in [2.75, 3.05) is 17.7 Å². The molecule has 0 bridgehead atoms. The molecule has 2 aromatic carbocycles. The van der Waals surface area contributed by atoms with Gasteiger partial charge in [0.15, 0.2) is 5.16 Å². The average Bonchev–Trinajstić information content (AvgIpc) is 3.14. The topological polar surface area (TPSA) is 86.1 Å². The minimum Gasteiger partial charge on any atom is -0.462 e. The van der Waals surface area contributed by atoms with Crippen LogP contribution < -0.4 is 5.32 Å². The number of nitrogens with one attached hydrogen (secondary N) is 1. The van der Waals surface area contributed by atoms with E-state index >= 15 is 0 Å². The maximum atomic E-state index is 13.0. The van der Waals surface area contributed by atoms with Gasteiger partial charge in [0.05, 0.1) is 23.7 Å². The van der Waals surface area contributed by atoms with Gasteiger partial charge < -0.3 is 14.6 Å². The molecule has 168 valence electrons. The zero-order valence-electron chi connectivity index (χ0n) is 17.7. The molecule has 1 amide bonds. The largest absolute Gasteiger partial charge is 0.462 e. The van der Waals surface area contributed by atoms with Crippen LogP contribution in [0.5, 0.6) is 0 Å². The number of rotatable bonds is 10. The summed E-state index contributed by atoms with van der Waals surface area (Å²) in [6, 6.07) is 13.0. The second kappa shape index (κ2) is 11.7. The first-order valence-electron chi connectivity index (χ1n) is 9.86. The fraction of sp³-hybridized carbons (Fsp3) is 0.273. The van der Waals surface area contributed by atoms with E-state index in [9.17, 15) is 14.0 Å². The van der Waals surface area contributed by atoms with Crippen molar-refractivity contribution >= 4 is 41.1 Å². The van der Waals surface area contributed by atoms with E-state index in [0.29, 0.717) is 28.8 Å². The van der Waals surface area contributed by atoms with Crippen molar-refractivity contribution in [2.24, 2.45) is 7.05 Å². The Bertz CT molecular complexity index is 1060. The number of carbonyl (C=O) groups excluding carboxylic acids is 2. The molecule has 0 spiro atoms. The van der Waals surface area contributed by atoms with E-state index in [0.717, 1.165) is 17.1 Å². The van der Waals surface area contributed by atoms with Crippen molar-refractivity contribution in [1.82, 2.24) is 14.8 Å². The Kier molecular flexibility index (Phi) is 8.69. The van der Waals surface area contributed by atoms with Crippen LogP contribution in [0.3, 0.4) is 0 Å². The van der Waals surface area contributed by atoms with Gasteiger partial charge in [-0.3, -0.25) is 4.79 Å². The molecular weight excluding hydrogens is 451 g/mol. The van der Waals surface area contributed by atoms with Crippen LogP contribution in [0.4, 0.5) is 10.1 Å². The number of aromatic nitrogens is 3. The second-order valence-electron chi connectivity index (χ2n) is 6.71. The van der Waals surface area contributed by atoms with Crippen LogP contribution in [0, 0.1) is 5.82 Å². The number of thioether (sulfide) groups is 2. The maximum Gasteiger partial charge on any atom is 0.338 e. The molecule has 1 N–H and O–H groups in total. The Hall–Kier alpha value is -2.85. The fourth-order valence-corrected chi connectivity index (χ4v) is 4.36. The minimum atomic E-state index is -0.394. The van der Waals surface area contributed by atoms with Crippen LogP contribution >= 0.6 is 23.5 Å². The number of carbonyl (C=O) groups is 2. The van der Waals surface area contributed by atoms with Gasteiger partial charge in [0, 0.05) is 18.5 Å². The lowest BCUT2D eigenvalue weighted by atomic mass is 10.2. The quantitative estimate of drug-likeness (QED) is 0.346. The molecule has 7 nitrogen and oxygen atoms in total. The molecule has 1 aromatic heterocycles. The molecule has 0 aliphatic heterocycles. The second-order valence-corrected chi connectivity index (χ2v) is 8.64. The van der Waals surface area contributed by atoms with Gasteiger partial charge in [-0.1, -0.05) is 23.9 Å². The first-order valence-corrected chi connectivity index (χ1v) is 12.0. The number of hydrogen-bond donors (Lipinski definition) is 1. The molecule has 1 heterocycles. The summed E-state index contributed by atoms with van der Waals surface area (Å²) in [7, 11) is 1.86. The number of anilines is 1. The van der Waals surface area contributed by atoms with Crippen LogP contribution in [-0.4, -0.2) is 39.0 Å². The van der Waals surface area contributed by atoms with Crippen LogP contribution in [0.2, 0.25) is 0 Å². The fourth-order valence-electron chi connectivity index (χ4n) is 2.67. The molecule has 3 aromatic rings. The maximum absolute atomic E-state index is 13.0. The Morgan fingerprint density at radius 2 is 1.78 bits per heavy atom. The number of ether oxygens (including phenoxy) is 1. The van der Waals surface area contributed by atoms with Crippen LogP contribution in [-0.2, 0) is 28.1 Å². The summed E-state index contributed by atoms with van der Waals surface area (Å²) in [5.41, 5.74) is 2.07. The van der Waals surface area contributed by atoms with Gasteiger partial charge in [0.2, 0.25) is 5.91 Å². The first-order chi connectivity index (χ1) is 15.5. The molecule has 0 aliphatic rings. The van der Waals surface area contributed by atoms with Crippen LogP contribution in [0.1, 0.15) is 28.7 Å². The lowest BCUT2D eigenvalue weighted by Gasteiger charge is -2.07. The van der Waals surface area contributed by atoms with Gasteiger partial charge >= 0.3 is 5.97 Å². The molecule has 32 heavy (non-hydrogen) atoms. The lowest BCUT2D eigenvalue weighted by molar-refractivity contribution is -0.113. The SMILES string of the molecule is CCOC(=O)c1ccc(NC(=O)CSc2nnc(CSCc3ccc(F)cc3)n2C)cc1. The predicted molar refractivity (Wildman–Crippen MR) is 124 cm³/mol. The predicted octanol–water partition coefficient (Wildman–Crippen LogP) is 4.30. The number of halogens is 1. The number of benzene rings is 2. The van der Waals surface area contributed by atoms with Gasteiger partial charge in [0.25, 0.3) is 0 Å². The Morgan fingerprint density at radius 1 is 1.06 bits per heavy atom. The third kappa shape index (κ3) is 6.83. The highest BCUT2D eigenvalue weighted by atomic mass is 32.2. The molecule has 0 fully saturated rings. The third-order valence-electron chi connectivity index (χ3n) is 4.35. The smallest absolute Gasteiger partial charge is 0.338 e. The summed E-state index contributed by atoms with van der Waals surface area (Å²) >= 11 is 2.95. The number of esters is 1. The van der Waals surface area contributed by atoms with Gasteiger partial charge in [-0.25, -0.2) is 9.18 Å². The van der Waals surface area contributed by atoms with E-state index in [2.05, 4.69) is 15.5 Å². The average molecular weight is 475 g/mol. The molecular formula is C22H23FN4O3S2. The van der Waals surface area contributed by atoms with E-state index in [1.807, 2.05) is 11.6 Å². The monoisotopic (exact) mass is 474 g/mol. The molecule has 0 saturated heterocycles. The van der Waals surface area contributed by atoms with Crippen molar-refractivity contribution in [3.8, 4) is 0 Å². The van der Waals surface area contributed by atoms with Crippen molar-refractivity contribution in [1.29, 1.82) is 0 Å². The highest BCUT2D eigenvalue weighted by molar-refractivity contribution is 7.99. The van der Waals surface area contributed by atoms with Gasteiger partial charge in [0.1, 0.15) is 11.6 Å². The summed E-state index contributed by atoms with van der Waals surface area (Å²) in [4.78, 5) is 23.9. The van der Waals surface area contributed by atoms with Crippen molar-refractivity contribution in [2.45, 2.75) is 23.6 Å². The van der Waals surface area contributed by atoms with Gasteiger partial charge in [-0.15, -0.1) is 22.0 Å². The summed E-state index contributed by atoms with van der Waals surface area (Å²) in [5, 5.41) is 11.8. The summed E-state index contributed by atoms with van der Waals surface area (Å²) in [6.45, 7) is 2.06. The van der Waals surface area contributed by atoms with Gasteiger partial charge in [-0.2, -0.15) is 0 Å². The van der Waals surface area contributed by atoms with E-state index < -0.39 is 5.97 Å². The standard InChI is InChI=1S/C22H23FN4O3S2/c1-3-30-21(29)16-6-10-18(11-7-16)24-20(28)14-32-22-26-25-19(27(22)2)13-31-12-15-4-8-17(23)9-5-15/h4-11H,3,12-14H2,1-2H3,(H,24,28). The Morgan fingerprint density at radius 3 is 2.47 bits per heavy atom. The number of amides is 1. The molecule has 0 atom stereocenters. The van der Waals surface area contributed by atoms with Crippen molar-refractivity contribution < 1.29 is 18.7 Å². The van der Waals surface area contributed by atoms with E-state index in [1.165, 1.54) is 23.9 Å². The normalized spacial score (nSPS) is 10.7. The molecule has 0 aliphatic carbocycles. The molecule has 3 rings (SSSR count). The summed E-state index contributed by atoms with van der Waals surface area (Å²) < 4.78 is 19.8. The van der Waals surface area contributed by atoms with E-state index in [-0.39, 0.29) is 17.5 Å².